The predicted octanol–water partition coefficient (Wildman–Crippen LogP) is 1.43. The van der Waals surface area contributed by atoms with E-state index in [1.54, 1.807) is 25.3 Å². The van der Waals surface area contributed by atoms with Gasteiger partial charge in [0.1, 0.15) is 11.4 Å². The van der Waals surface area contributed by atoms with Crippen LogP contribution in [0.3, 0.4) is 0 Å². The lowest BCUT2D eigenvalue weighted by Gasteiger charge is -2.36. The molecule has 1 aliphatic heterocycles. The number of esters is 1. The molecule has 2 unspecified atom stereocenters. The van der Waals surface area contributed by atoms with E-state index in [9.17, 15) is 4.79 Å². The van der Waals surface area contributed by atoms with Gasteiger partial charge in [0.15, 0.2) is 0 Å². The molecule has 0 radical (unpaired) electrons. The number of carbonyl (C=O) groups is 1. The van der Waals surface area contributed by atoms with Crippen molar-refractivity contribution in [2.24, 2.45) is 11.7 Å². The Morgan fingerprint density at radius 1 is 1.63 bits per heavy atom. The van der Waals surface area contributed by atoms with Gasteiger partial charge in [0.05, 0.1) is 6.61 Å². The van der Waals surface area contributed by atoms with Crippen LogP contribution in [0.15, 0.2) is 18.3 Å². The standard InChI is InChI=1S/C14H21N3O2/c1-3-19-14(18)11-5-4-7-16-13(11)17-8-6-10(2)12(15)9-17/h4-5,7,10,12H,3,6,8-9,15H2,1-2H3. The molecular formula is C14H21N3O2. The molecule has 2 heterocycles. The number of carbonyl (C=O) groups excluding carboxylic acids is 1. The van der Waals surface area contributed by atoms with E-state index in [-0.39, 0.29) is 12.0 Å². The van der Waals surface area contributed by atoms with E-state index in [0.717, 1.165) is 19.5 Å². The van der Waals surface area contributed by atoms with Gasteiger partial charge in [-0.15, -0.1) is 0 Å². The molecule has 2 N–H and O–H groups in total. The fraction of sp³-hybridized carbons (Fsp3) is 0.571. The van der Waals surface area contributed by atoms with Gasteiger partial charge in [0.2, 0.25) is 0 Å². The lowest BCUT2D eigenvalue weighted by Crippen LogP contribution is -2.48. The van der Waals surface area contributed by atoms with E-state index in [2.05, 4.69) is 16.8 Å². The van der Waals surface area contributed by atoms with Crippen molar-refractivity contribution in [3.63, 3.8) is 0 Å². The zero-order valence-electron chi connectivity index (χ0n) is 11.5. The lowest BCUT2D eigenvalue weighted by atomic mass is 9.94. The fourth-order valence-corrected chi connectivity index (χ4v) is 2.31. The summed E-state index contributed by atoms with van der Waals surface area (Å²) in [5.74, 6) is 0.868. The second kappa shape index (κ2) is 6.02. The van der Waals surface area contributed by atoms with Crippen molar-refractivity contribution in [1.82, 2.24) is 4.98 Å². The number of nitrogens with two attached hydrogens (primary N) is 1. The highest BCUT2D eigenvalue weighted by Gasteiger charge is 2.26. The Labute approximate surface area is 113 Å². The molecule has 1 aromatic heterocycles. The summed E-state index contributed by atoms with van der Waals surface area (Å²) in [6.45, 7) is 5.92. The first-order chi connectivity index (χ1) is 9.13. The topological polar surface area (TPSA) is 68.5 Å². The first-order valence-corrected chi connectivity index (χ1v) is 6.76. The van der Waals surface area contributed by atoms with E-state index in [4.69, 9.17) is 10.5 Å². The number of aromatic nitrogens is 1. The molecule has 19 heavy (non-hydrogen) atoms. The Morgan fingerprint density at radius 3 is 3.11 bits per heavy atom. The fourth-order valence-electron chi connectivity index (χ4n) is 2.31. The number of hydrogen-bond donors (Lipinski definition) is 1. The van der Waals surface area contributed by atoms with Crippen LogP contribution < -0.4 is 10.6 Å². The summed E-state index contributed by atoms with van der Waals surface area (Å²) in [6.07, 6.45) is 2.71. The van der Waals surface area contributed by atoms with Gasteiger partial charge in [-0.1, -0.05) is 6.92 Å². The van der Waals surface area contributed by atoms with E-state index < -0.39 is 0 Å². The number of nitrogens with zero attached hydrogens (tertiary/aromatic N) is 2. The summed E-state index contributed by atoms with van der Waals surface area (Å²) >= 11 is 0. The van der Waals surface area contributed by atoms with Crippen LogP contribution in [0.25, 0.3) is 0 Å². The van der Waals surface area contributed by atoms with Gasteiger partial charge < -0.3 is 15.4 Å². The van der Waals surface area contributed by atoms with E-state index in [1.165, 1.54) is 0 Å². The summed E-state index contributed by atoms with van der Waals surface area (Å²) in [5, 5.41) is 0. The summed E-state index contributed by atoms with van der Waals surface area (Å²) in [5.41, 5.74) is 6.62. The van der Waals surface area contributed by atoms with Crippen molar-refractivity contribution in [3.05, 3.63) is 23.9 Å². The third-order valence-electron chi connectivity index (χ3n) is 3.60. The molecule has 0 bridgehead atoms. The molecule has 1 fully saturated rings. The normalized spacial score (nSPS) is 23.2. The van der Waals surface area contributed by atoms with E-state index in [0.29, 0.717) is 23.9 Å². The monoisotopic (exact) mass is 263 g/mol. The molecule has 0 spiro atoms. The minimum absolute atomic E-state index is 0.116. The van der Waals surface area contributed by atoms with E-state index in [1.807, 2.05) is 0 Å². The quantitative estimate of drug-likeness (QED) is 0.836. The van der Waals surface area contributed by atoms with Gasteiger partial charge in [-0.25, -0.2) is 9.78 Å². The van der Waals surface area contributed by atoms with Gasteiger partial charge in [-0.2, -0.15) is 0 Å². The molecule has 2 atom stereocenters. The zero-order valence-corrected chi connectivity index (χ0v) is 11.5. The summed E-state index contributed by atoms with van der Waals surface area (Å²) in [4.78, 5) is 18.3. The van der Waals surface area contributed by atoms with Crippen LogP contribution in [-0.2, 0) is 4.74 Å². The maximum atomic E-state index is 11.9. The number of rotatable bonds is 3. The second-order valence-corrected chi connectivity index (χ2v) is 4.97. The Balaban J connectivity index is 2.22. The Bertz CT molecular complexity index is 450. The second-order valence-electron chi connectivity index (χ2n) is 4.97. The van der Waals surface area contributed by atoms with Crippen LogP contribution >= 0.6 is 0 Å². The molecule has 5 heteroatoms. The summed E-state index contributed by atoms with van der Waals surface area (Å²) < 4.78 is 5.07. The van der Waals surface area contributed by atoms with Gasteiger partial charge >= 0.3 is 5.97 Å². The minimum Gasteiger partial charge on any atom is -0.462 e. The van der Waals surface area contributed by atoms with Crippen molar-refractivity contribution < 1.29 is 9.53 Å². The minimum atomic E-state index is -0.321. The number of piperidine rings is 1. The molecule has 104 valence electrons. The van der Waals surface area contributed by atoms with Crippen molar-refractivity contribution in [2.75, 3.05) is 24.6 Å². The first kappa shape index (κ1) is 13.8. The lowest BCUT2D eigenvalue weighted by molar-refractivity contribution is 0.0526. The maximum absolute atomic E-state index is 11.9. The number of ether oxygens (including phenoxy) is 1. The van der Waals surface area contributed by atoms with Crippen molar-refractivity contribution >= 4 is 11.8 Å². The largest absolute Gasteiger partial charge is 0.462 e. The van der Waals surface area contributed by atoms with Crippen LogP contribution in [0.4, 0.5) is 5.82 Å². The van der Waals surface area contributed by atoms with Crippen LogP contribution in [0, 0.1) is 5.92 Å². The van der Waals surface area contributed by atoms with Crippen LogP contribution in [0.1, 0.15) is 30.6 Å². The van der Waals surface area contributed by atoms with Crippen LogP contribution in [0.5, 0.6) is 0 Å². The molecule has 1 aromatic rings. The molecule has 0 aliphatic carbocycles. The molecule has 5 nitrogen and oxygen atoms in total. The smallest absolute Gasteiger partial charge is 0.341 e. The number of anilines is 1. The zero-order chi connectivity index (χ0) is 13.8. The van der Waals surface area contributed by atoms with Crippen LogP contribution in [-0.4, -0.2) is 36.7 Å². The van der Waals surface area contributed by atoms with E-state index >= 15 is 0 Å². The number of hydrogen-bond acceptors (Lipinski definition) is 5. The van der Waals surface area contributed by atoms with Gasteiger partial charge in [-0.3, -0.25) is 0 Å². The third kappa shape index (κ3) is 3.04. The van der Waals surface area contributed by atoms with Crippen LogP contribution in [0.2, 0.25) is 0 Å². The molecule has 2 rings (SSSR count). The van der Waals surface area contributed by atoms with Crippen molar-refractivity contribution in [1.29, 1.82) is 0 Å². The highest BCUT2D eigenvalue weighted by molar-refractivity contribution is 5.94. The highest BCUT2D eigenvalue weighted by atomic mass is 16.5. The Kier molecular flexibility index (Phi) is 4.37. The average Bonchev–Trinajstić information content (AvgIpc) is 2.42. The molecule has 0 amide bonds. The molecule has 0 saturated carbocycles. The summed E-state index contributed by atoms with van der Waals surface area (Å²) in [6, 6.07) is 3.62. The predicted molar refractivity (Wildman–Crippen MR) is 74.2 cm³/mol. The molecule has 1 saturated heterocycles. The van der Waals surface area contributed by atoms with Crippen molar-refractivity contribution in [2.45, 2.75) is 26.3 Å². The van der Waals surface area contributed by atoms with Crippen molar-refractivity contribution in [3.8, 4) is 0 Å². The number of pyridine rings is 1. The molecular weight excluding hydrogens is 242 g/mol. The van der Waals surface area contributed by atoms with Gasteiger partial charge in [-0.05, 0) is 31.4 Å². The molecule has 0 aromatic carbocycles. The van der Waals surface area contributed by atoms with Gasteiger partial charge in [0.25, 0.3) is 0 Å². The Hall–Kier alpha value is -1.62. The summed E-state index contributed by atoms with van der Waals surface area (Å²) in [7, 11) is 0. The first-order valence-electron chi connectivity index (χ1n) is 6.76. The maximum Gasteiger partial charge on any atom is 0.341 e. The third-order valence-corrected chi connectivity index (χ3v) is 3.60. The van der Waals surface area contributed by atoms with Gasteiger partial charge in [0, 0.05) is 25.3 Å². The SMILES string of the molecule is CCOC(=O)c1cccnc1N1CCC(C)C(N)C1. The molecule has 1 aliphatic rings. The average molecular weight is 263 g/mol. The highest BCUT2D eigenvalue weighted by Crippen LogP contribution is 2.24. The Morgan fingerprint density at radius 2 is 2.42 bits per heavy atom.